The predicted molar refractivity (Wildman–Crippen MR) is 196 cm³/mol. The Bertz CT molecular complexity index is 1060. The van der Waals surface area contributed by atoms with E-state index in [-0.39, 0.29) is 49.3 Å². The standard InChI is InChI=1S/C38H69N5O7/c1-9-10-11-12-13-14-15-16-17-18-28-24-34(45)40-29(19-20-33(44)39-8)35(46)41-30(21-25(2)3)36(47)42-31(22-26(4)5)37(48)43-32(23-27(6)7)38(49)50-28/h25-32H,9-24H2,1-8H3,(H,39,44)(H,40,45)(H,41,46)(H,42,47)(H,43,48)/t28-,29+,30+,31-,32+/m1/s1. The summed E-state index contributed by atoms with van der Waals surface area (Å²) in [6.07, 6.45) is 10.4. The fourth-order valence-corrected chi connectivity index (χ4v) is 6.17. The molecule has 0 spiro atoms. The van der Waals surface area contributed by atoms with Crippen molar-refractivity contribution in [3.05, 3.63) is 0 Å². The number of hydrogen-bond acceptors (Lipinski definition) is 7. The molecule has 50 heavy (non-hydrogen) atoms. The van der Waals surface area contributed by atoms with Gasteiger partial charge in [0, 0.05) is 13.5 Å². The summed E-state index contributed by atoms with van der Waals surface area (Å²) in [7, 11) is 1.49. The summed E-state index contributed by atoms with van der Waals surface area (Å²) < 4.78 is 5.96. The van der Waals surface area contributed by atoms with E-state index in [9.17, 15) is 28.8 Å². The number of hydrogen-bond donors (Lipinski definition) is 5. The van der Waals surface area contributed by atoms with E-state index in [1.54, 1.807) is 0 Å². The van der Waals surface area contributed by atoms with Gasteiger partial charge in [0.1, 0.15) is 30.3 Å². The Morgan fingerprint density at radius 2 is 1.08 bits per heavy atom. The van der Waals surface area contributed by atoms with Gasteiger partial charge in [-0.3, -0.25) is 24.0 Å². The van der Waals surface area contributed by atoms with Gasteiger partial charge in [-0.15, -0.1) is 0 Å². The monoisotopic (exact) mass is 708 g/mol. The zero-order chi connectivity index (χ0) is 37.6. The molecule has 0 aliphatic carbocycles. The van der Waals surface area contributed by atoms with Crippen molar-refractivity contribution in [3.8, 4) is 0 Å². The number of ether oxygens (including phenoxy) is 1. The second kappa shape index (κ2) is 24.9. The van der Waals surface area contributed by atoms with E-state index < -0.39 is 59.9 Å². The van der Waals surface area contributed by atoms with Crippen LogP contribution in [0.1, 0.15) is 151 Å². The minimum absolute atomic E-state index is 0.00478. The first-order valence-electron chi connectivity index (χ1n) is 19.3. The molecule has 0 aromatic rings. The average molecular weight is 708 g/mol. The van der Waals surface area contributed by atoms with Crippen LogP contribution in [-0.2, 0) is 33.5 Å². The van der Waals surface area contributed by atoms with Crippen LogP contribution in [0.4, 0.5) is 0 Å². The van der Waals surface area contributed by atoms with Crippen LogP contribution < -0.4 is 26.6 Å². The van der Waals surface area contributed by atoms with Gasteiger partial charge in [0.25, 0.3) is 0 Å². The van der Waals surface area contributed by atoms with Crippen molar-refractivity contribution in [1.82, 2.24) is 26.6 Å². The number of amides is 5. The lowest BCUT2D eigenvalue weighted by Gasteiger charge is -2.29. The van der Waals surface area contributed by atoms with E-state index in [0.717, 1.165) is 25.7 Å². The molecule has 0 unspecified atom stereocenters. The van der Waals surface area contributed by atoms with Crippen molar-refractivity contribution in [2.24, 2.45) is 17.8 Å². The molecule has 1 rings (SSSR count). The second-order valence-electron chi connectivity index (χ2n) is 15.3. The molecule has 1 aliphatic heterocycles. The Hall–Kier alpha value is -3.18. The third kappa shape index (κ3) is 19.3. The maximum Gasteiger partial charge on any atom is 0.328 e. The molecule has 0 aromatic heterocycles. The third-order valence-corrected chi connectivity index (χ3v) is 8.90. The Morgan fingerprint density at radius 3 is 1.56 bits per heavy atom. The molecule has 1 fully saturated rings. The molecule has 5 amide bonds. The van der Waals surface area contributed by atoms with Crippen LogP contribution >= 0.6 is 0 Å². The van der Waals surface area contributed by atoms with Crippen LogP contribution in [0.5, 0.6) is 0 Å². The SMILES string of the molecule is CCCCCCCCCCC[C@@H]1CC(=O)N[C@@H](CCC(=O)NC)C(=O)N[C@@H](CC(C)C)C(=O)N[C@H](CC(C)C)C(=O)N[C@@H](CC(C)C)C(=O)O1. The molecule has 0 aromatic carbocycles. The van der Waals surface area contributed by atoms with Gasteiger partial charge in [0.2, 0.25) is 29.5 Å². The van der Waals surface area contributed by atoms with E-state index in [4.69, 9.17) is 4.74 Å². The minimum atomic E-state index is -1.11. The highest BCUT2D eigenvalue weighted by molar-refractivity contribution is 5.95. The summed E-state index contributed by atoms with van der Waals surface area (Å²) in [5.74, 6) is -3.00. The lowest BCUT2D eigenvalue weighted by molar-refractivity contribution is -0.155. The van der Waals surface area contributed by atoms with E-state index >= 15 is 0 Å². The van der Waals surface area contributed by atoms with Crippen molar-refractivity contribution in [1.29, 1.82) is 0 Å². The maximum absolute atomic E-state index is 13.7. The van der Waals surface area contributed by atoms with Gasteiger partial charge in [0.15, 0.2) is 0 Å². The van der Waals surface area contributed by atoms with E-state index in [2.05, 4.69) is 33.5 Å². The predicted octanol–water partition coefficient (Wildman–Crippen LogP) is 4.83. The van der Waals surface area contributed by atoms with E-state index in [0.29, 0.717) is 19.3 Å². The molecule has 12 heteroatoms. The Labute approximate surface area is 301 Å². The highest BCUT2D eigenvalue weighted by Crippen LogP contribution is 2.18. The summed E-state index contributed by atoms with van der Waals surface area (Å²) >= 11 is 0. The fourth-order valence-electron chi connectivity index (χ4n) is 6.17. The van der Waals surface area contributed by atoms with E-state index in [1.165, 1.54) is 39.2 Å². The highest BCUT2D eigenvalue weighted by atomic mass is 16.5. The molecule has 0 saturated carbocycles. The number of cyclic esters (lactones) is 1. The molecule has 0 bridgehead atoms. The summed E-state index contributed by atoms with van der Waals surface area (Å²) in [6, 6.07) is -4.02. The zero-order valence-corrected chi connectivity index (χ0v) is 32.3. The molecular weight excluding hydrogens is 638 g/mol. The quantitative estimate of drug-likeness (QED) is 0.0946. The number of carbonyl (C=O) groups is 6. The summed E-state index contributed by atoms with van der Waals surface area (Å²) in [5.41, 5.74) is 0. The number of esters is 1. The van der Waals surface area contributed by atoms with Crippen LogP contribution in [0.2, 0.25) is 0 Å². The van der Waals surface area contributed by atoms with Crippen LogP contribution in [0.15, 0.2) is 0 Å². The smallest absolute Gasteiger partial charge is 0.328 e. The highest BCUT2D eigenvalue weighted by Gasteiger charge is 2.34. The summed E-state index contributed by atoms with van der Waals surface area (Å²) in [5, 5.41) is 13.7. The van der Waals surface area contributed by atoms with Crippen molar-refractivity contribution < 1.29 is 33.5 Å². The van der Waals surface area contributed by atoms with Gasteiger partial charge in [-0.05, 0) is 56.3 Å². The first-order chi connectivity index (χ1) is 23.7. The largest absolute Gasteiger partial charge is 0.460 e. The molecule has 1 heterocycles. The second-order valence-corrected chi connectivity index (χ2v) is 15.3. The van der Waals surface area contributed by atoms with Gasteiger partial charge >= 0.3 is 5.97 Å². The Morgan fingerprint density at radius 1 is 0.640 bits per heavy atom. The molecule has 5 N–H and O–H groups in total. The number of rotatable bonds is 19. The molecule has 12 nitrogen and oxygen atoms in total. The van der Waals surface area contributed by atoms with Crippen molar-refractivity contribution >= 4 is 35.5 Å². The molecule has 288 valence electrons. The zero-order valence-electron chi connectivity index (χ0n) is 32.3. The first kappa shape index (κ1) is 44.8. The topological polar surface area (TPSA) is 172 Å². The maximum atomic E-state index is 13.7. The first-order valence-corrected chi connectivity index (χ1v) is 19.3. The number of carbonyl (C=O) groups excluding carboxylic acids is 6. The summed E-state index contributed by atoms with van der Waals surface area (Å²) in [6.45, 7) is 13.8. The van der Waals surface area contributed by atoms with Crippen LogP contribution in [-0.4, -0.2) is 72.8 Å². The normalized spacial score (nSPS) is 22.9. The Kier molecular flexibility index (Phi) is 22.3. The lowest BCUT2D eigenvalue weighted by Crippen LogP contribution is -2.58. The van der Waals surface area contributed by atoms with Crippen LogP contribution in [0, 0.1) is 17.8 Å². The lowest BCUT2D eigenvalue weighted by atomic mass is 9.98. The Balaban J connectivity index is 3.41. The van der Waals surface area contributed by atoms with Gasteiger partial charge in [-0.1, -0.05) is 99.8 Å². The van der Waals surface area contributed by atoms with Gasteiger partial charge in [0.05, 0.1) is 6.42 Å². The third-order valence-electron chi connectivity index (χ3n) is 8.90. The van der Waals surface area contributed by atoms with E-state index in [1.807, 2.05) is 41.5 Å². The summed E-state index contributed by atoms with van der Waals surface area (Å²) in [4.78, 5) is 80.3. The van der Waals surface area contributed by atoms with Gasteiger partial charge in [-0.2, -0.15) is 0 Å². The molecule has 1 aliphatic rings. The van der Waals surface area contributed by atoms with Gasteiger partial charge in [-0.25, -0.2) is 4.79 Å². The average Bonchev–Trinajstić information content (AvgIpc) is 3.03. The number of nitrogens with one attached hydrogen (secondary N) is 5. The van der Waals surface area contributed by atoms with Gasteiger partial charge < -0.3 is 31.3 Å². The van der Waals surface area contributed by atoms with Crippen molar-refractivity contribution in [3.63, 3.8) is 0 Å². The minimum Gasteiger partial charge on any atom is -0.460 e. The molecular formula is C38H69N5O7. The van der Waals surface area contributed by atoms with Crippen LogP contribution in [0.3, 0.4) is 0 Å². The number of unbranched alkanes of at least 4 members (excludes halogenated alkanes) is 8. The van der Waals surface area contributed by atoms with Crippen LogP contribution in [0.25, 0.3) is 0 Å². The van der Waals surface area contributed by atoms with Crippen molar-refractivity contribution in [2.75, 3.05) is 7.05 Å². The molecule has 5 atom stereocenters. The van der Waals surface area contributed by atoms with Crippen molar-refractivity contribution in [2.45, 2.75) is 181 Å². The fraction of sp³-hybridized carbons (Fsp3) is 0.842. The molecule has 0 radical (unpaired) electrons. The molecule has 1 saturated heterocycles.